The van der Waals surface area contributed by atoms with Crippen molar-refractivity contribution >= 4 is 11.6 Å². The van der Waals surface area contributed by atoms with E-state index in [2.05, 4.69) is 17.9 Å². The Labute approximate surface area is 103 Å². The molecule has 0 saturated heterocycles. The summed E-state index contributed by atoms with van der Waals surface area (Å²) >= 11 is 5.96. The molecule has 0 aliphatic carbocycles. The minimum Gasteiger partial charge on any atom is -0.392 e. The molecule has 1 aromatic carbocycles. The molecule has 16 heavy (non-hydrogen) atoms. The molecule has 90 valence electrons. The number of rotatable bonds is 5. The molecule has 2 atom stereocenters. The third kappa shape index (κ3) is 3.78. The Hall–Kier alpha value is -0.570. The highest BCUT2D eigenvalue weighted by Crippen LogP contribution is 2.21. The van der Waals surface area contributed by atoms with Gasteiger partial charge in [-0.25, -0.2) is 0 Å². The highest BCUT2D eigenvalue weighted by Gasteiger charge is 2.14. The second kappa shape index (κ2) is 6.24. The molecule has 0 radical (unpaired) electrons. The van der Waals surface area contributed by atoms with Crippen LogP contribution in [0.3, 0.4) is 0 Å². The number of hydrogen-bond donors (Lipinski definition) is 1. The maximum Gasteiger partial charge on any atom is 0.0664 e. The van der Waals surface area contributed by atoms with Crippen molar-refractivity contribution in [1.29, 1.82) is 0 Å². The molecule has 2 nitrogen and oxygen atoms in total. The Morgan fingerprint density at radius 1 is 1.44 bits per heavy atom. The molecule has 0 amide bonds. The van der Waals surface area contributed by atoms with Gasteiger partial charge in [-0.3, -0.25) is 4.90 Å². The third-order valence-electron chi connectivity index (χ3n) is 2.96. The quantitative estimate of drug-likeness (QED) is 0.856. The van der Waals surface area contributed by atoms with Crippen LogP contribution >= 0.6 is 11.6 Å². The molecule has 0 saturated carbocycles. The highest BCUT2D eigenvalue weighted by molar-refractivity contribution is 6.30. The molecule has 1 rings (SSSR count). The lowest BCUT2D eigenvalue weighted by molar-refractivity contribution is 0.105. The Kier molecular flexibility index (Phi) is 5.26. The predicted molar refractivity (Wildman–Crippen MR) is 68.8 cm³/mol. The number of aliphatic hydroxyl groups is 1. The van der Waals surface area contributed by atoms with E-state index in [4.69, 9.17) is 11.6 Å². The Bertz CT molecular complexity index is 329. The van der Waals surface area contributed by atoms with Gasteiger partial charge in [0.2, 0.25) is 0 Å². The van der Waals surface area contributed by atoms with Gasteiger partial charge in [-0.2, -0.15) is 0 Å². The van der Waals surface area contributed by atoms with Crippen molar-refractivity contribution in [3.05, 3.63) is 34.9 Å². The Morgan fingerprint density at radius 3 is 2.69 bits per heavy atom. The van der Waals surface area contributed by atoms with E-state index in [0.717, 1.165) is 11.4 Å². The monoisotopic (exact) mass is 241 g/mol. The SMILES string of the molecule is CCC(O)CN(C)C(C)c1cccc(Cl)c1. The third-order valence-corrected chi connectivity index (χ3v) is 3.20. The average molecular weight is 242 g/mol. The smallest absolute Gasteiger partial charge is 0.0664 e. The summed E-state index contributed by atoms with van der Waals surface area (Å²) in [6, 6.07) is 8.13. The fourth-order valence-corrected chi connectivity index (χ4v) is 1.84. The van der Waals surface area contributed by atoms with Gasteiger partial charge in [0.25, 0.3) is 0 Å². The molecular formula is C13H20ClNO. The van der Waals surface area contributed by atoms with Crippen molar-refractivity contribution in [2.75, 3.05) is 13.6 Å². The van der Waals surface area contributed by atoms with Gasteiger partial charge < -0.3 is 5.11 Å². The van der Waals surface area contributed by atoms with E-state index in [1.165, 1.54) is 5.56 Å². The molecule has 2 unspecified atom stereocenters. The molecule has 0 aliphatic rings. The first-order valence-corrected chi connectivity index (χ1v) is 6.06. The fraction of sp³-hybridized carbons (Fsp3) is 0.538. The summed E-state index contributed by atoms with van der Waals surface area (Å²) in [6.45, 7) is 4.79. The minimum absolute atomic E-state index is 0.258. The topological polar surface area (TPSA) is 23.5 Å². The summed E-state index contributed by atoms with van der Waals surface area (Å²) in [5.74, 6) is 0. The molecule has 0 bridgehead atoms. The van der Waals surface area contributed by atoms with Gasteiger partial charge in [-0.05, 0) is 38.1 Å². The molecule has 0 aromatic heterocycles. The standard InChI is InChI=1S/C13H20ClNO/c1-4-13(16)9-15(3)10(2)11-6-5-7-12(14)8-11/h5-8,10,13,16H,4,9H2,1-3H3. The predicted octanol–water partition coefficient (Wildman–Crippen LogP) is 3.10. The maximum absolute atomic E-state index is 9.61. The molecule has 1 aromatic rings. The highest BCUT2D eigenvalue weighted by atomic mass is 35.5. The van der Waals surface area contributed by atoms with Crippen LogP contribution in [0.1, 0.15) is 31.9 Å². The molecule has 0 spiro atoms. The lowest BCUT2D eigenvalue weighted by Gasteiger charge is -2.27. The maximum atomic E-state index is 9.61. The van der Waals surface area contributed by atoms with Crippen LogP contribution in [0.5, 0.6) is 0 Å². The summed E-state index contributed by atoms with van der Waals surface area (Å²) in [7, 11) is 2.02. The molecule has 0 fully saturated rings. The van der Waals surface area contributed by atoms with E-state index in [0.29, 0.717) is 6.54 Å². The van der Waals surface area contributed by atoms with Crippen LogP contribution < -0.4 is 0 Å². The van der Waals surface area contributed by atoms with E-state index in [1.54, 1.807) is 0 Å². The average Bonchev–Trinajstić information content (AvgIpc) is 2.27. The normalized spacial score (nSPS) is 15.1. The minimum atomic E-state index is -0.258. The second-order valence-electron chi connectivity index (χ2n) is 4.23. The number of aliphatic hydroxyl groups excluding tert-OH is 1. The van der Waals surface area contributed by atoms with Crippen molar-refractivity contribution in [3.8, 4) is 0 Å². The van der Waals surface area contributed by atoms with E-state index < -0.39 is 0 Å². The van der Waals surface area contributed by atoms with Gasteiger partial charge >= 0.3 is 0 Å². The van der Waals surface area contributed by atoms with E-state index >= 15 is 0 Å². The first kappa shape index (κ1) is 13.5. The van der Waals surface area contributed by atoms with Crippen LogP contribution in [0.25, 0.3) is 0 Å². The first-order chi connectivity index (χ1) is 7.54. The summed E-state index contributed by atoms with van der Waals surface area (Å²) in [4.78, 5) is 2.14. The van der Waals surface area contributed by atoms with Gasteiger partial charge in [0, 0.05) is 17.6 Å². The zero-order valence-corrected chi connectivity index (χ0v) is 10.9. The van der Waals surface area contributed by atoms with Gasteiger partial charge in [0.05, 0.1) is 6.10 Å². The number of likely N-dealkylation sites (N-methyl/N-ethyl adjacent to an activating group) is 1. The lowest BCUT2D eigenvalue weighted by atomic mass is 10.1. The van der Waals surface area contributed by atoms with E-state index in [9.17, 15) is 5.11 Å². The lowest BCUT2D eigenvalue weighted by Crippen LogP contribution is -2.31. The van der Waals surface area contributed by atoms with Crippen LogP contribution in [-0.4, -0.2) is 29.7 Å². The zero-order valence-electron chi connectivity index (χ0n) is 10.2. The number of halogens is 1. The van der Waals surface area contributed by atoms with E-state index in [1.807, 2.05) is 32.2 Å². The van der Waals surface area contributed by atoms with Gasteiger partial charge in [-0.1, -0.05) is 30.7 Å². The molecule has 3 heteroatoms. The van der Waals surface area contributed by atoms with Crippen molar-refractivity contribution in [2.45, 2.75) is 32.4 Å². The van der Waals surface area contributed by atoms with Crippen molar-refractivity contribution in [2.24, 2.45) is 0 Å². The zero-order chi connectivity index (χ0) is 12.1. The van der Waals surface area contributed by atoms with Crippen LogP contribution in [-0.2, 0) is 0 Å². The summed E-state index contributed by atoms with van der Waals surface area (Å²) in [5.41, 5.74) is 1.18. The number of nitrogens with zero attached hydrogens (tertiary/aromatic N) is 1. The summed E-state index contributed by atoms with van der Waals surface area (Å²) in [5, 5.41) is 10.4. The molecular weight excluding hydrogens is 222 g/mol. The second-order valence-corrected chi connectivity index (χ2v) is 4.67. The number of hydrogen-bond acceptors (Lipinski definition) is 2. The van der Waals surface area contributed by atoms with Crippen molar-refractivity contribution in [1.82, 2.24) is 4.90 Å². The number of benzene rings is 1. The fourth-order valence-electron chi connectivity index (χ4n) is 1.64. The molecule has 0 heterocycles. The van der Waals surface area contributed by atoms with Crippen LogP contribution in [0.2, 0.25) is 5.02 Å². The van der Waals surface area contributed by atoms with Crippen LogP contribution in [0.4, 0.5) is 0 Å². The Balaban J connectivity index is 2.66. The van der Waals surface area contributed by atoms with Crippen molar-refractivity contribution < 1.29 is 5.11 Å². The largest absolute Gasteiger partial charge is 0.392 e. The van der Waals surface area contributed by atoms with Crippen LogP contribution in [0.15, 0.2) is 24.3 Å². The van der Waals surface area contributed by atoms with Crippen LogP contribution in [0, 0.1) is 0 Å². The summed E-state index contributed by atoms with van der Waals surface area (Å²) < 4.78 is 0. The summed E-state index contributed by atoms with van der Waals surface area (Å²) in [6.07, 6.45) is 0.527. The van der Waals surface area contributed by atoms with E-state index in [-0.39, 0.29) is 12.1 Å². The van der Waals surface area contributed by atoms with Gasteiger partial charge in [-0.15, -0.1) is 0 Å². The Morgan fingerprint density at radius 2 is 2.12 bits per heavy atom. The van der Waals surface area contributed by atoms with Gasteiger partial charge in [0.1, 0.15) is 0 Å². The molecule has 1 N–H and O–H groups in total. The van der Waals surface area contributed by atoms with Crippen molar-refractivity contribution in [3.63, 3.8) is 0 Å². The van der Waals surface area contributed by atoms with Gasteiger partial charge in [0.15, 0.2) is 0 Å². The molecule has 0 aliphatic heterocycles. The first-order valence-electron chi connectivity index (χ1n) is 5.68.